The zero-order chi connectivity index (χ0) is 5.98. The van der Waals surface area contributed by atoms with E-state index >= 15 is 0 Å². The average molecular weight is 111 g/mol. The zero-order valence-corrected chi connectivity index (χ0v) is 4.52. The van der Waals surface area contributed by atoms with Crippen molar-refractivity contribution in [2.45, 2.75) is 0 Å². The van der Waals surface area contributed by atoms with Gasteiger partial charge in [0.05, 0.1) is 6.54 Å². The number of nitrogens with one attached hydrogen (secondary N) is 1. The number of allylic oxidation sites excluding steroid dienone is 1. The molecule has 1 aliphatic rings. The molecule has 44 valence electrons. The molecule has 1 heterocycles. The van der Waals surface area contributed by atoms with Crippen LogP contribution in [0.2, 0.25) is 0 Å². The van der Waals surface area contributed by atoms with Crippen LogP contribution in [-0.2, 0) is 0 Å². The molecular weight excluding hydrogens is 102 g/mol. The largest absolute Gasteiger partial charge is 0.401 e. The van der Waals surface area contributed by atoms with E-state index in [-0.39, 0.29) is 0 Å². The van der Waals surface area contributed by atoms with Crippen LogP contribution in [0.5, 0.6) is 0 Å². The van der Waals surface area contributed by atoms with Crippen LogP contribution in [0.15, 0.2) is 23.7 Å². The Bertz CT molecular complexity index is 146. The topological polar surface area (TPSA) is 64.1 Å². The smallest absolute Gasteiger partial charge is 0.0541 e. The number of dihydropyridines is 1. The van der Waals surface area contributed by atoms with Crippen molar-refractivity contribution in [2.24, 2.45) is 11.5 Å². The predicted molar refractivity (Wildman–Crippen MR) is 32.5 cm³/mol. The average Bonchev–Trinajstić information content (AvgIpc) is 1.64. The van der Waals surface area contributed by atoms with E-state index in [0.717, 1.165) is 5.70 Å². The highest BCUT2D eigenvalue weighted by atomic mass is 14.9. The molecular formula is C5H9N3. The van der Waals surface area contributed by atoms with Crippen molar-refractivity contribution >= 4 is 0 Å². The third-order valence-corrected chi connectivity index (χ3v) is 0.927. The summed E-state index contributed by atoms with van der Waals surface area (Å²) in [6.45, 7) is 0.709. The number of nitrogens with two attached hydrogens (primary N) is 2. The lowest BCUT2D eigenvalue weighted by atomic mass is 10.3. The van der Waals surface area contributed by atoms with E-state index in [1.165, 1.54) is 0 Å². The first-order chi connectivity index (χ1) is 3.79. The van der Waals surface area contributed by atoms with Crippen molar-refractivity contribution < 1.29 is 0 Å². The first-order valence-corrected chi connectivity index (χ1v) is 2.44. The summed E-state index contributed by atoms with van der Waals surface area (Å²) in [6, 6.07) is 0. The summed E-state index contributed by atoms with van der Waals surface area (Å²) >= 11 is 0. The Balaban J connectivity index is 2.69. The van der Waals surface area contributed by atoms with E-state index < -0.39 is 0 Å². The number of hydrogen-bond donors (Lipinski definition) is 3. The summed E-state index contributed by atoms with van der Waals surface area (Å²) in [4.78, 5) is 0. The Labute approximate surface area is 48.0 Å². The molecule has 0 unspecified atom stereocenters. The third kappa shape index (κ3) is 0.932. The van der Waals surface area contributed by atoms with Gasteiger partial charge in [-0.1, -0.05) is 0 Å². The third-order valence-electron chi connectivity index (χ3n) is 0.927. The van der Waals surface area contributed by atoms with E-state index in [4.69, 9.17) is 11.5 Å². The molecule has 0 atom stereocenters. The highest BCUT2D eigenvalue weighted by molar-refractivity contribution is 5.23. The van der Waals surface area contributed by atoms with E-state index in [0.29, 0.717) is 12.2 Å². The first kappa shape index (κ1) is 5.03. The van der Waals surface area contributed by atoms with Gasteiger partial charge in [-0.05, 0) is 6.08 Å². The van der Waals surface area contributed by atoms with Crippen LogP contribution in [0.4, 0.5) is 0 Å². The molecule has 1 aliphatic heterocycles. The molecule has 0 aromatic heterocycles. The molecule has 0 saturated carbocycles. The van der Waals surface area contributed by atoms with E-state index in [2.05, 4.69) is 5.32 Å². The molecule has 0 saturated heterocycles. The maximum Gasteiger partial charge on any atom is 0.0541 e. The van der Waals surface area contributed by atoms with Crippen molar-refractivity contribution in [1.82, 2.24) is 5.32 Å². The van der Waals surface area contributed by atoms with Crippen molar-refractivity contribution in [1.29, 1.82) is 0 Å². The van der Waals surface area contributed by atoms with Gasteiger partial charge >= 0.3 is 0 Å². The maximum absolute atomic E-state index is 5.40. The van der Waals surface area contributed by atoms with Gasteiger partial charge < -0.3 is 16.8 Å². The molecule has 0 aliphatic carbocycles. The second-order valence-corrected chi connectivity index (χ2v) is 1.74. The second-order valence-electron chi connectivity index (χ2n) is 1.74. The summed E-state index contributed by atoms with van der Waals surface area (Å²) < 4.78 is 0. The molecule has 0 radical (unpaired) electrons. The molecule has 0 amide bonds. The van der Waals surface area contributed by atoms with Gasteiger partial charge in [0, 0.05) is 17.6 Å². The Morgan fingerprint density at radius 3 is 2.62 bits per heavy atom. The molecule has 3 nitrogen and oxygen atoms in total. The zero-order valence-electron chi connectivity index (χ0n) is 4.52. The Kier molecular flexibility index (Phi) is 1.12. The number of rotatable bonds is 0. The summed E-state index contributed by atoms with van der Waals surface area (Å²) in [6.07, 6.45) is 3.48. The lowest BCUT2D eigenvalue weighted by Crippen LogP contribution is -2.21. The fourth-order valence-electron chi connectivity index (χ4n) is 0.594. The molecule has 5 N–H and O–H groups in total. The Morgan fingerprint density at radius 1 is 1.50 bits per heavy atom. The van der Waals surface area contributed by atoms with Crippen LogP contribution >= 0.6 is 0 Å². The van der Waals surface area contributed by atoms with Gasteiger partial charge in [0.2, 0.25) is 0 Å². The minimum Gasteiger partial charge on any atom is -0.401 e. The van der Waals surface area contributed by atoms with Gasteiger partial charge in [0.25, 0.3) is 0 Å². The molecule has 1 rings (SSSR count). The van der Waals surface area contributed by atoms with Crippen LogP contribution in [0, 0.1) is 0 Å². The summed E-state index contributed by atoms with van der Waals surface area (Å²) in [5, 5.41) is 2.90. The van der Waals surface area contributed by atoms with Gasteiger partial charge in [-0.2, -0.15) is 0 Å². The summed E-state index contributed by atoms with van der Waals surface area (Å²) in [5.74, 6) is 0. The van der Waals surface area contributed by atoms with Crippen molar-refractivity contribution in [2.75, 3.05) is 6.54 Å². The molecule has 0 spiro atoms. The van der Waals surface area contributed by atoms with Gasteiger partial charge in [0.1, 0.15) is 0 Å². The van der Waals surface area contributed by atoms with Crippen molar-refractivity contribution in [3.05, 3.63) is 23.7 Å². The highest BCUT2D eigenvalue weighted by Crippen LogP contribution is 1.93. The van der Waals surface area contributed by atoms with Crippen LogP contribution < -0.4 is 16.8 Å². The second kappa shape index (κ2) is 1.78. The van der Waals surface area contributed by atoms with E-state index in [1.807, 2.05) is 0 Å². The fraction of sp³-hybridized carbons (Fsp3) is 0.200. The highest BCUT2D eigenvalue weighted by Gasteiger charge is 1.94. The number of hydrogen-bond acceptors (Lipinski definition) is 3. The van der Waals surface area contributed by atoms with E-state index in [1.54, 1.807) is 12.3 Å². The van der Waals surface area contributed by atoms with Crippen LogP contribution in [0.25, 0.3) is 0 Å². The predicted octanol–water partition coefficient (Wildman–Crippen LogP) is -0.768. The van der Waals surface area contributed by atoms with Crippen LogP contribution in [-0.4, -0.2) is 6.54 Å². The molecule has 8 heavy (non-hydrogen) atoms. The first-order valence-electron chi connectivity index (χ1n) is 2.44. The molecule has 0 bridgehead atoms. The molecule has 0 fully saturated rings. The summed E-state index contributed by atoms with van der Waals surface area (Å²) in [7, 11) is 0. The van der Waals surface area contributed by atoms with Crippen LogP contribution in [0.3, 0.4) is 0 Å². The van der Waals surface area contributed by atoms with Gasteiger partial charge in [-0.15, -0.1) is 0 Å². The SMILES string of the molecule is NC1=CNCC(N)=C1. The van der Waals surface area contributed by atoms with Gasteiger partial charge in [0.15, 0.2) is 0 Å². The Morgan fingerprint density at radius 2 is 2.25 bits per heavy atom. The summed E-state index contributed by atoms with van der Waals surface area (Å²) in [5.41, 5.74) is 12.2. The molecule has 0 aromatic rings. The Hall–Kier alpha value is -1.12. The van der Waals surface area contributed by atoms with Gasteiger partial charge in [-0.3, -0.25) is 0 Å². The normalized spacial score (nSPS) is 18.5. The van der Waals surface area contributed by atoms with E-state index in [9.17, 15) is 0 Å². The molecule has 0 aromatic carbocycles. The fourth-order valence-corrected chi connectivity index (χ4v) is 0.594. The van der Waals surface area contributed by atoms with Crippen molar-refractivity contribution in [3.63, 3.8) is 0 Å². The monoisotopic (exact) mass is 111 g/mol. The van der Waals surface area contributed by atoms with Gasteiger partial charge in [-0.25, -0.2) is 0 Å². The lowest BCUT2D eigenvalue weighted by Gasteiger charge is -2.07. The minimum absolute atomic E-state index is 0.689. The quantitative estimate of drug-likeness (QED) is 0.384. The lowest BCUT2D eigenvalue weighted by molar-refractivity contribution is 0.889. The van der Waals surface area contributed by atoms with Crippen LogP contribution in [0.1, 0.15) is 0 Å². The molecule has 3 heteroatoms. The standard InChI is InChI=1S/C5H9N3/c6-4-1-5(7)3-8-2-4/h1-2,8H,3,6-7H2. The van der Waals surface area contributed by atoms with Crippen molar-refractivity contribution in [3.8, 4) is 0 Å². The minimum atomic E-state index is 0.689. The maximum atomic E-state index is 5.40.